The van der Waals surface area contributed by atoms with Crippen molar-refractivity contribution in [3.63, 3.8) is 0 Å². The molecule has 0 bridgehead atoms. The molecule has 7 heteroatoms. The second-order valence-electron chi connectivity index (χ2n) is 8.19. The lowest BCUT2D eigenvalue weighted by Crippen LogP contribution is -2.29. The molecule has 2 aromatic heterocycles. The van der Waals surface area contributed by atoms with Gasteiger partial charge in [0.05, 0.1) is 11.4 Å². The zero-order valence-electron chi connectivity index (χ0n) is 16.6. The van der Waals surface area contributed by atoms with Gasteiger partial charge in [0.1, 0.15) is 15.5 Å². The van der Waals surface area contributed by atoms with E-state index in [1.807, 2.05) is 6.92 Å². The number of anilines is 2. The summed E-state index contributed by atoms with van der Waals surface area (Å²) in [6.45, 7) is 6.11. The van der Waals surface area contributed by atoms with Crippen LogP contribution in [0.4, 0.5) is 15.8 Å². The van der Waals surface area contributed by atoms with Gasteiger partial charge in [-0.3, -0.25) is 9.59 Å². The number of nitrogens with zero attached hydrogens (tertiary/aromatic N) is 1. The van der Waals surface area contributed by atoms with Crippen molar-refractivity contribution in [3.8, 4) is 0 Å². The quantitative estimate of drug-likeness (QED) is 0.636. The number of carbonyl (C=O) groups is 2. The number of ketones is 1. The van der Waals surface area contributed by atoms with Crippen LogP contribution in [0.3, 0.4) is 0 Å². The molecule has 3 aromatic rings. The molecule has 4 rings (SSSR count). The Labute approximate surface area is 172 Å². The molecule has 0 unspecified atom stereocenters. The monoisotopic (exact) mass is 411 g/mol. The molecule has 0 aliphatic heterocycles. The number of nitrogen functional groups attached to an aromatic ring is 1. The van der Waals surface area contributed by atoms with Gasteiger partial charge in [-0.25, -0.2) is 9.37 Å². The molecule has 3 N–H and O–H groups in total. The minimum Gasteiger partial charge on any atom is -0.397 e. The number of hydrogen-bond donors (Lipinski definition) is 2. The first kappa shape index (κ1) is 19.5. The minimum absolute atomic E-state index is 0.0883. The molecule has 1 aromatic carbocycles. The van der Waals surface area contributed by atoms with E-state index in [4.69, 9.17) is 10.7 Å². The summed E-state index contributed by atoms with van der Waals surface area (Å²) in [7, 11) is 0. The molecule has 29 heavy (non-hydrogen) atoms. The maximum atomic E-state index is 13.1. The maximum absolute atomic E-state index is 13.1. The van der Waals surface area contributed by atoms with Gasteiger partial charge in [-0.1, -0.05) is 20.8 Å². The van der Waals surface area contributed by atoms with Crippen molar-refractivity contribution >= 4 is 44.6 Å². The zero-order chi connectivity index (χ0) is 20.9. The number of hydrogen-bond acceptors (Lipinski definition) is 5. The van der Waals surface area contributed by atoms with Crippen LogP contribution in [0.25, 0.3) is 10.2 Å². The van der Waals surface area contributed by atoms with Crippen LogP contribution in [0.1, 0.15) is 58.5 Å². The summed E-state index contributed by atoms with van der Waals surface area (Å²) in [6, 6.07) is 5.54. The van der Waals surface area contributed by atoms with Crippen LogP contribution in [-0.2, 0) is 12.8 Å². The van der Waals surface area contributed by atoms with Crippen molar-refractivity contribution in [2.24, 2.45) is 5.41 Å². The molecule has 0 saturated carbocycles. The summed E-state index contributed by atoms with van der Waals surface area (Å²) in [5, 5.41) is 3.45. The van der Waals surface area contributed by atoms with Crippen LogP contribution >= 0.6 is 11.3 Å². The standard InChI is InChI=1S/C22H22FN3O2S/c1-4-13-16-14(9-22(2,3)10-15(16)27)26-21-17(13)18(24)19(29-21)20(28)25-12-7-5-11(23)6-8-12/h5-8H,4,9-10,24H2,1-3H3,(H,25,28). The summed E-state index contributed by atoms with van der Waals surface area (Å²) in [5.41, 5.74) is 9.39. The molecular formula is C22H22FN3O2S. The Morgan fingerprint density at radius 2 is 1.97 bits per heavy atom. The fraction of sp³-hybridized carbons (Fsp3) is 0.318. The van der Waals surface area contributed by atoms with Gasteiger partial charge in [0.2, 0.25) is 0 Å². The van der Waals surface area contributed by atoms with E-state index in [0.29, 0.717) is 51.3 Å². The highest BCUT2D eigenvalue weighted by Crippen LogP contribution is 2.42. The number of carbonyl (C=O) groups excluding carboxylic acids is 2. The number of amides is 1. The van der Waals surface area contributed by atoms with Gasteiger partial charge in [0.15, 0.2) is 5.78 Å². The molecule has 0 saturated heterocycles. The number of Topliss-reactive ketones (excluding diaryl/α,β-unsaturated/α-hetero) is 1. The fourth-order valence-corrected chi connectivity index (χ4v) is 5.06. The van der Waals surface area contributed by atoms with Crippen molar-refractivity contribution in [3.05, 3.63) is 51.8 Å². The summed E-state index contributed by atoms with van der Waals surface area (Å²) >= 11 is 1.22. The van der Waals surface area contributed by atoms with Crippen molar-refractivity contribution in [1.29, 1.82) is 0 Å². The van der Waals surface area contributed by atoms with E-state index in [2.05, 4.69) is 19.2 Å². The highest BCUT2D eigenvalue weighted by atomic mass is 32.1. The van der Waals surface area contributed by atoms with Gasteiger partial charge >= 0.3 is 0 Å². The van der Waals surface area contributed by atoms with Gasteiger partial charge in [0.25, 0.3) is 5.91 Å². The first-order valence-corrected chi connectivity index (χ1v) is 10.4. The molecule has 0 atom stereocenters. The van der Waals surface area contributed by atoms with E-state index in [9.17, 15) is 14.0 Å². The molecule has 1 amide bonds. The number of benzene rings is 1. The Balaban J connectivity index is 1.82. The smallest absolute Gasteiger partial charge is 0.267 e. The van der Waals surface area contributed by atoms with Gasteiger partial charge in [-0.2, -0.15) is 0 Å². The van der Waals surface area contributed by atoms with Crippen molar-refractivity contribution in [2.75, 3.05) is 11.1 Å². The first-order chi connectivity index (χ1) is 13.7. The van der Waals surface area contributed by atoms with E-state index in [1.54, 1.807) is 0 Å². The molecule has 0 fully saturated rings. The van der Waals surface area contributed by atoms with E-state index in [-0.39, 0.29) is 22.9 Å². The normalized spacial score (nSPS) is 15.4. The molecule has 150 valence electrons. The van der Waals surface area contributed by atoms with Crippen LogP contribution in [0.15, 0.2) is 24.3 Å². The van der Waals surface area contributed by atoms with Gasteiger partial charge < -0.3 is 11.1 Å². The van der Waals surface area contributed by atoms with E-state index >= 15 is 0 Å². The average molecular weight is 412 g/mol. The molecule has 2 heterocycles. The number of pyridine rings is 1. The third kappa shape index (κ3) is 3.40. The van der Waals surface area contributed by atoms with Crippen LogP contribution < -0.4 is 11.1 Å². The SMILES string of the molecule is CCc1c2c(nc3sc(C(=O)Nc4ccc(F)cc4)c(N)c13)CC(C)(C)CC2=O. The third-order valence-electron chi connectivity index (χ3n) is 5.28. The molecule has 0 spiro atoms. The Bertz CT molecular complexity index is 1150. The Hall–Kier alpha value is -2.80. The summed E-state index contributed by atoms with van der Waals surface area (Å²) < 4.78 is 13.1. The van der Waals surface area contributed by atoms with Gasteiger partial charge in [0, 0.05) is 23.1 Å². The second-order valence-corrected chi connectivity index (χ2v) is 9.19. The second kappa shape index (κ2) is 6.91. The van der Waals surface area contributed by atoms with Crippen molar-refractivity contribution in [2.45, 2.75) is 40.0 Å². The highest BCUT2D eigenvalue weighted by molar-refractivity contribution is 7.21. The summed E-state index contributed by atoms with van der Waals surface area (Å²) in [6.07, 6.45) is 1.82. The molecule has 0 radical (unpaired) electrons. The minimum atomic E-state index is -0.376. The first-order valence-electron chi connectivity index (χ1n) is 9.54. The predicted molar refractivity (Wildman–Crippen MR) is 114 cm³/mol. The summed E-state index contributed by atoms with van der Waals surface area (Å²) in [4.78, 5) is 31.4. The van der Waals surface area contributed by atoms with E-state index in [0.717, 1.165) is 11.3 Å². The number of halogens is 1. The van der Waals surface area contributed by atoms with Crippen molar-refractivity contribution < 1.29 is 14.0 Å². The number of aromatic nitrogens is 1. The van der Waals surface area contributed by atoms with Crippen LogP contribution in [0, 0.1) is 11.2 Å². The highest BCUT2D eigenvalue weighted by Gasteiger charge is 2.35. The molecular weight excluding hydrogens is 389 g/mol. The number of thiophene rings is 1. The summed E-state index contributed by atoms with van der Waals surface area (Å²) in [5.74, 6) is -0.659. The Kier molecular flexibility index (Phi) is 4.65. The fourth-order valence-electron chi connectivity index (χ4n) is 4.02. The number of nitrogens with two attached hydrogens (primary N) is 1. The van der Waals surface area contributed by atoms with E-state index in [1.165, 1.54) is 35.6 Å². The number of aryl methyl sites for hydroxylation is 1. The number of fused-ring (bicyclic) bond motifs is 2. The Morgan fingerprint density at radius 3 is 2.62 bits per heavy atom. The van der Waals surface area contributed by atoms with E-state index < -0.39 is 0 Å². The molecule has 1 aliphatic carbocycles. The largest absolute Gasteiger partial charge is 0.397 e. The lowest BCUT2D eigenvalue weighted by atomic mass is 9.74. The van der Waals surface area contributed by atoms with Crippen LogP contribution in [-0.4, -0.2) is 16.7 Å². The van der Waals surface area contributed by atoms with Crippen LogP contribution in [0.5, 0.6) is 0 Å². The topological polar surface area (TPSA) is 85.1 Å². The van der Waals surface area contributed by atoms with Gasteiger partial charge in [-0.05, 0) is 48.1 Å². The predicted octanol–water partition coefficient (Wildman–Crippen LogP) is 4.99. The lowest BCUT2D eigenvalue weighted by molar-refractivity contribution is 0.0909. The number of rotatable bonds is 3. The van der Waals surface area contributed by atoms with Crippen LogP contribution in [0.2, 0.25) is 0 Å². The third-order valence-corrected chi connectivity index (χ3v) is 6.38. The maximum Gasteiger partial charge on any atom is 0.267 e. The lowest BCUT2D eigenvalue weighted by Gasteiger charge is -2.30. The average Bonchev–Trinajstić information content (AvgIpc) is 2.97. The van der Waals surface area contributed by atoms with Crippen molar-refractivity contribution in [1.82, 2.24) is 4.98 Å². The van der Waals surface area contributed by atoms with Gasteiger partial charge in [-0.15, -0.1) is 11.3 Å². The Morgan fingerprint density at radius 1 is 1.28 bits per heavy atom. The molecule has 1 aliphatic rings. The molecule has 5 nitrogen and oxygen atoms in total. The number of nitrogens with one attached hydrogen (secondary N) is 1. The zero-order valence-corrected chi connectivity index (χ0v) is 17.4.